The van der Waals surface area contributed by atoms with Crippen molar-refractivity contribution in [2.45, 2.75) is 97.4 Å². The molecule has 41 heavy (non-hydrogen) atoms. The molecule has 8 heteroatoms. The summed E-state index contributed by atoms with van der Waals surface area (Å²) in [6.45, 7) is 5.66. The summed E-state index contributed by atoms with van der Waals surface area (Å²) >= 11 is 8.25. The highest BCUT2D eigenvalue weighted by Gasteiger charge is 2.13. The Kier molecular flexibility index (Phi) is 18.1. The first kappa shape index (κ1) is 35.4. The van der Waals surface area contributed by atoms with Gasteiger partial charge in [0.1, 0.15) is 0 Å². The Morgan fingerprint density at radius 2 is 1.59 bits per heavy atom. The first-order chi connectivity index (χ1) is 19.5. The van der Waals surface area contributed by atoms with E-state index < -0.39 is 0 Å². The van der Waals surface area contributed by atoms with Crippen molar-refractivity contribution in [2.24, 2.45) is 0 Å². The molecule has 0 aliphatic carbocycles. The van der Waals surface area contributed by atoms with Crippen LogP contribution in [-0.4, -0.2) is 29.9 Å². The number of halogens is 2. The second-order valence-corrected chi connectivity index (χ2v) is 12.2. The number of para-hydroxylation sites is 1. The molecular weight excluding hydrogens is 620 g/mol. The average molecular weight is 668 g/mol. The highest BCUT2D eigenvalue weighted by atomic mass is 79.9. The number of rotatable bonds is 20. The molecule has 0 saturated carbocycles. The number of hydrogen-bond acceptors (Lipinski definition) is 5. The Hall–Kier alpha value is -1.83. The van der Waals surface area contributed by atoms with E-state index in [9.17, 15) is 4.79 Å². The standard InChI is InChI=1S/C33H47ClN2O3S.BrH/c1-3-4-5-6-7-8-9-10-11-12-13-14-21-38-33-30(34)19-16-20-31(33)39-25-32(37)35-29-18-15-17-28(22-29)24-36-23-27(2)40-26-36;/h15-20,22-23H,3-14,21,24-26H2,1-2H3,(H,35,37);1H. The van der Waals surface area contributed by atoms with Gasteiger partial charge in [0.2, 0.25) is 0 Å². The maximum atomic E-state index is 12.6. The van der Waals surface area contributed by atoms with Crippen molar-refractivity contribution in [3.8, 4) is 11.5 Å². The lowest BCUT2D eigenvalue weighted by atomic mass is 10.1. The Bertz CT molecular complexity index is 1070. The van der Waals surface area contributed by atoms with Gasteiger partial charge in [-0.3, -0.25) is 4.79 Å². The molecule has 3 rings (SSSR count). The number of hydrogen-bond donors (Lipinski definition) is 1. The number of unbranched alkanes of at least 4 members (excludes halogenated alkanes) is 11. The second-order valence-electron chi connectivity index (χ2n) is 10.6. The number of thioether (sulfide) groups is 1. The molecule has 1 N–H and O–H groups in total. The monoisotopic (exact) mass is 666 g/mol. The van der Waals surface area contributed by atoms with Crippen LogP contribution in [0.4, 0.5) is 5.69 Å². The van der Waals surface area contributed by atoms with Crippen LogP contribution in [0.5, 0.6) is 11.5 Å². The number of allylic oxidation sites excluding steroid dienone is 1. The van der Waals surface area contributed by atoms with Crippen molar-refractivity contribution in [3.63, 3.8) is 0 Å². The summed E-state index contributed by atoms with van der Waals surface area (Å²) in [5.74, 6) is 1.73. The van der Waals surface area contributed by atoms with Crippen molar-refractivity contribution in [1.82, 2.24) is 4.90 Å². The van der Waals surface area contributed by atoms with Crippen molar-refractivity contribution in [1.29, 1.82) is 0 Å². The van der Waals surface area contributed by atoms with Gasteiger partial charge in [-0.2, -0.15) is 0 Å². The Balaban J connectivity index is 0.00000588. The van der Waals surface area contributed by atoms with E-state index in [0.717, 1.165) is 36.5 Å². The molecular formula is C33H48BrClN2O3S. The maximum absolute atomic E-state index is 12.6. The molecule has 5 nitrogen and oxygen atoms in total. The number of ether oxygens (including phenoxy) is 2. The summed E-state index contributed by atoms with van der Waals surface area (Å²) in [7, 11) is 0. The zero-order valence-electron chi connectivity index (χ0n) is 24.8. The summed E-state index contributed by atoms with van der Waals surface area (Å²) in [5.41, 5.74) is 1.90. The molecule has 0 radical (unpaired) electrons. The van der Waals surface area contributed by atoms with Crippen LogP contribution in [0.1, 0.15) is 96.5 Å². The first-order valence-electron chi connectivity index (χ1n) is 15.0. The van der Waals surface area contributed by atoms with Gasteiger partial charge in [0.05, 0.1) is 17.5 Å². The molecule has 2 aromatic carbocycles. The van der Waals surface area contributed by atoms with E-state index in [0.29, 0.717) is 23.1 Å². The smallest absolute Gasteiger partial charge is 0.262 e. The Labute approximate surface area is 267 Å². The van der Waals surface area contributed by atoms with Crippen LogP contribution < -0.4 is 14.8 Å². The van der Waals surface area contributed by atoms with E-state index in [-0.39, 0.29) is 29.5 Å². The molecule has 228 valence electrons. The minimum Gasteiger partial charge on any atom is -0.488 e. The van der Waals surface area contributed by atoms with Gasteiger partial charge in [-0.1, -0.05) is 107 Å². The zero-order valence-corrected chi connectivity index (χ0v) is 28.1. The van der Waals surface area contributed by atoms with Gasteiger partial charge in [0, 0.05) is 18.4 Å². The van der Waals surface area contributed by atoms with Crippen LogP contribution in [0.15, 0.2) is 53.6 Å². The molecule has 1 heterocycles. The summed E-state index contributed by atoms with van der Waals surface area (Å²) in [6.07, 6.45) is 17.8. The molecule has 2 aromatic rings. The van der Waals surface area contributed by atoms with Crippen LogP contribution in [-0.2, 0) is 11.3 Å². The zero-order chi connectivity index (χ0) is 28.4. The van der Waals surface area contributed by atoms with Crippen LogP contribution in [0.25, 0.3) is 0 Å². The number of anilines is 1. The second kappa shape index (κ2) is 21.0. The third-order valence-electron chi connectivity index (χ3n) is 6.95. The number of benzene rings is 2. The Morgan fingerprint density at radius 1 is 0.927 bits per heavy atom. The van der Waals surface area contributed by atoms with Gasteiger partial charge in [0.15, 0.2) is 18.1 Å². The largest absolute Gasteiger partial charge is 0.488 e. The summed E-state index contributed by atoms with van der Waals surface area (Å²) in [6, 6.07) is 13.3. The van der Waals surface area contributed by atoms with E-state index >= 15 is 0 Å². The van der Waals surface area contributed by atoms with Crippen LogP contribution in [0.3, 0.4) is 0 Å². The SMILES string of the molecule is Br.CCCCCCCCCCCCCCOc1c(Cl)cccc1OCC(=O)Nc1cccc(CN2C=C(C)SC2)c1. The predicted octanol–water partition coefficient (Wildman–Crippen LogP) is 10.4. The van der Waals surface area contributed by atoms with E-state index in [4.69, 9.17) is 21.1 Å². The summed E-state index contributed by atoms with van der Waals surface area (Å²) in [4.78, 5) is 16.2. The van der Waals surface area contributed by atoms with Crippen molar-refractivity contribution in [3.05, 3.63) is 64.2 Å². The lowest BCUT2D eigenvalue weighted by molar-refractivity contribution is -0.118. The average Bonchev–Trinajstić information content (AvgIpc) is 3.35. The third kappa shape index (κ3) is 14.3. The first-order valence-corrected chi connectivity index (χ1v) is 16.4. The van der Waals surface area contributed by atoms with Crippen LogP contribution in [0.2, 0.25) is 5.02 Å². The summed E-state index contributed by atoms with van der Waals surface area (Å²) < 4.78 is 11.8. The number of nitrogens with zero attached hydrogens (tertiary/aromatic N) is 1. The molecule has 0 aromatic heterocycles. The summed E-state index contributed by atoms with van der Waals surface area (Å²) in [5, 5.41) is 3.43. The molecule has 1 aliphatic rings. The topological polar surface area (TPSA) is 50.8 Å². The number of nitrogens with one attached hydrogen (secondary N) is 1. The van der Waals surface area contributed by atoms with E-state index in [1.165, 1.54) is 69.1 Å². The number of amides is 1. The molecule has 0 spiro atoms. The molecule has 0 saturated heterocycles. The van der Waals surface area contributed by atoms with Gasteiger partial charge >= 0.3 is 0 Å². The van der Waals surface area contributed by atoms with Gasteiger partial charge < -0.3 is 19.7 Å². The van der Waals surface area contributed by atoms with Crippen LogP contribution >= 0.6 is 40.3 Å². The molecule has 1 amide bonds. The molecule has 0 bridgehead atoms. The highest BCUT2D eigenvalue weighted by molar-refractivity contribution is 8.93. The maximum Gasteiger partial charge on any atom is 0.262 e. The molecule has 0 fully saturated rings. The predicted molar refractivity (Wildman–Crippen MR) is 181 cm³/mol. The molecule has 0 unspecified atom stereocenters. The van der Waals surface area contributed by atoms with Crippen molar-refractivity contribution < 1.29 is 14.3 Å². The third-order valence-corrected chi connectivity index (χ3v) is 8.27. The number of carbonyl (C=O) groups is 1. The fourth-order valence-electron chi connectivity index (χ4n) is 4.79. The van der Waals surface area contributed by atoms with E-state index in [1.807, 2.05) is 36.0 Å². The van der Waals surface area contributed by atoms with Gasteiger partial charge in [-0.05, 0) is 48.1 Å². The fourth-order valence-corrected chi connectivity index (χ4v) is 5.77. The number of carbonyl (C=O) groups excluding carboxylic acids is 1. The Morgan fingerprint density at radius 3 is 2.24 bits per heavy atom. The molecule has 0 atom stereocenters. The van der Waals surface area contributed by atoms with Crippen LogP contribution in [0, 0.1) is 0 Å². The molecule has 1 aliphatic heterocycles. The van der Waals surface area contributed by atoms with E-state index in [1.54, 1.807) is 12.1 Å². The fraction of sp³-hybridized carbons (Fsp3) is 0.545. The quantitative estimate of drug-likeness (QED) is 0.142. The lowest BCUT2D eigenvalue weighted by Gasteiger charge is -2.16. The van der Waals surface area contributed by atoms with Gasteiger partial charge in [0.25, 0.3) is 5.91 Å². The minimum atomic E-state index is -0.225. The minimum absolute atomic E-state index is 0. The van der Waals surface area contributed by atoms with Gasteiger partial charge in [-0.25, -0.2) is 0 Å². The van der Waals surface area contributed by atoms with E-state index in [2.05, 4.69) is 36.3 Å². The van der Waals surface area contributed by atoms with Gasteiger partial charge in [-0.15, -0.1) is 28.7 Å². The van der Waals surface area contributed by atoms with Crippen molar-refractivity contribution >= 4 is 51.9 Å². The normalized spacial score (nSPS) is 12.6. The highest BCUT2D eigenvalue weighted by Crippen LogP contribution is 2.35. The lowest BCUT2D eigenvalue weighted by Crippen LogP contribution is -2.20. The van der Waals surface area contributed by atoms with Crippen molar-refractivity contribution in [2.75, 3.05) is 24.4 Å².